The van der Waals surface area contributed by atoms with Gasteiger partial charge in [0.15, 0.2) is 6.10 Å². The summed E-state index contributed by atoms with van der Waals surface area (Å²) in [6.45, 7) is 6.20. The van der Waals surface area contributed by atoms with Crippen LogP contribution in [0.3, 0.4) is 0 Å². The van der Waals surface area contributed by atoms with Crippen molar-refractivity contribution in [3.05, 3.63) is 146 Å². The Bertz CT molecular complexity index is 1530. The molecule has 0 bridgehead atoms. The van der Waals surface area contributed by atoms with Crippen LogP contribution >= 0.6 is 0 Å². The fraction of sp³-hybridized carbons (Fsp3) is 0.557. The van der Waals surface area contributed by atoms with Crippen LogP contribution in [0.5, 0.6) is 0 Å². The average Bonchev–Trinajstić information content (AvgIpc) is 3.33. The van der Waals surface area contributed by atoms with Crippen molar-refractivity contribution in [2.24, 2.45) is 0 Å². The molecule has 0 aromatic carbocycles. The smallest absolute Gasteiger partial charge is 0.306 e. The predicted octanol–water partition coefficient (Wildman–Crippen LogP) is 17.6. The number of hydrogen-bond acceptors (Lipinski definition) is 6. The Labute approximate surface area is 410 Å². The maximum Gasteiger partial charge on any atom is 0.306 e. The first kappa shape index (κ1) is 62.3. The average molecular weight is 923 g/mol. The highest BCUT2D eigenvalue weighted by Gasteiger charge is 2.19. The van der Waals surface area contributed by atoms with Crippen LogP contribution in [0, 0.1) is 0 Å². The molecule has 0 saturated heterocycles. The van der Waals surface area contributed by atoms with Gasteiger partial charge in [0.25, 0.3) is 0 Å². The number of rotatable bonds is 45. The van der Waals surface area contributed by atoms with Crippen LogP contribution in [0.25, 0.3) is 0 Å². The lowest BCUT2D eigenvalue weighted by molar-refractivity contribution is -0.167. The minimum Gasteiger partial charge on any atom is -0.462 e. The first-order valence-corrected chi connectivity index (χ1v) is 26.4. The van der Waals surface area contributed by atoms with Crippen LogP contribution in [0.1, 0.15) is 201 Å². The summed E-state index contributed by atoms with van der Waals surface area (Å²) in [5, 5.41) is 0. The lowest BCUT2D eigenvalue weighted by atomic mass is 10.1. The van der Waals surface area contributed by atoms with Gasteiger partial charge >= 0.3 is 17.9 Å². The van der Waals surface area contributed by atoms with Crippen molar-refractivity contribution in [3.63, 3.8) is 0 Å². The predicted molar refractivity (Wildman–Crippen MR) is 288 cm³/mol. The maximum absolute atomic E-state index is 12.8. The van der Waals surface area contributed by atoms with Crippen LogP contribution in [-0.2, 0) is 28.6 Å². The molecule has 0 heterocycles. The second-order valence-electron chi connectivity index (χ2n) is 16.8. The Kier molecular flexibility index (Phi) is 50.1. The van der Waals surface area contributed by atoms with Crippen molar-refractivity contribution < 1.29 is 28.6 Å². The molecule has 0 aliphatic heterocycles. The van der Waals surface area contributed by atoms with Crippen LogP contribution < -0.4 is 0 Å². The summed E-state index contributed by atoms with van der Waals surface area (Å²) in [4.78, 5) is 38.1. The van der Waals surface area contributed by atoms with Gasteiger partial charge in [0.1, 0.15) is 13.2 Å². The van der Waals surface area contributed by atoms with E-state index < -0.39 is 6.10 Å². The maximum atomic E-state index is 12.8. The number of hydrogen-bond donors (Lipinski definition) is 0. The Hall–Kier alpha value is -4.71. The third kappa shape index (κ3) is 52.1. The van der Waals surface area contributed by atoms with E-state index in [0.717, 1.165) is 122 Å². The molecule has 1 atom stereocenters. The zero-order valence-electron chi connectivity index (χ0n) is 42.6. The summed E-state index contributed by atoms with van der Waals surface area (Å²) in [6, 6.07) is 0. The number of carbonyl (C=O) groups is 3. The number of ether oxygens (including phenoxy) is 3. The molecular weight excluding hydrogens is 829 g/mol. The second kappa shape index (κ2) is 53.9. The molecule has 0 radical (unpaired) electrons. The molecule has 0 aromatic rings. The molecule has 0 aromatic heterocycles. The van der Waals surface area contributed by atoms with Gasteiger partial charge in [-0.2, -0.15) is 0 Å². The van der Waals surface area contributed by atoms with Gasteiger partial charge in [0, 0.05) is 19.3 Å². The molecule has 0 amide bonds. The summed E-state index contributed by atoms with van der Waals surface area (Å²) in [5.41, 5.74) is 0. The molecule has 0 spiro atoms. The van der Waals surface area contributed by atoms with Crippen molar-refractivity contribution in [1.82, 2.24) is 0 Å². The second-order valence-corrected chi connectivity index (χ2v) is 16.8. The summed E-state index contributed by atoms with van der Waals surface area (Å²) in [6.07, 6.45) is 76.8. The van der Waals surface area contributed by atoms with Gasteiger partial charge in [-0.25, -0.2) is 0 Å². The summed E-state index contributed by atoms with van der Waals surface area (Å²) in [7, 11) is 0. The molecular formula is C61H94O6. The number of allylic oxidation sites excluding steroid dienone is 24. The van der Waals surface area contributed by atoms with E-state index in [1.807, 2.05) is 72.9 Å². The number of carbonyl (C=O) groups excluding carboxylic acids is 3. The van der Waals surface area contributed by atoms with E-state index in [1.54, 1.807) is 0 Å². The third-order valence-electron chi connectivity index (χ3n) is 10.5. The monoisotopic (exact) mass is 923 g/mol. The Balaban J connectivity index is 4.55. The van der Waals surface area contributed by atoms with E-state index >= 15 is 0 Å². The van der Waals surface area contributed by atoms with Crippen molar-refractivity contribution >= 4 is 17.9 Å². The van der Waals surface area contributed by atoms with E-state index in [9.17, 15) is 14.4 Å². The highest BCUT2D eigenvalue weighted by Crippen LogP contribution is 2.13. The molecule has 0 rings (SSSR count). The lowest BCUT2D eigenvalue weighted by Gasteiger charge is -2.18. The van der Waals surface area contributed by atoms with Crippen molar-refractivity contribution in [2.45, 2.75) is 207 Å². The summed E-state index contributed by atoms with van der Waals surface area (Å²) >= 11 is 0. The third-order valence-corrected chi connectivity index (χ3v) is 10.5. The van der Waals surface area contributed by atoms with Crippen LogP contribution in [0.4, 0.5) is 0 Å². The van der Waals surface area contributed by atoms with E-state index in [0.29, 0.717) is 19.3 Å². The van der Waals surface area contributed by atoms with Crippen LogP contribution in [0.2, 0.25) is 0 Å². The Morgan fingerprint density at radius 2 is 0.612 bits per heavy atom. The highest BCUT2D eigenvalue weighted by atomic mass is 16.6. The van der Waals surface area contributed by atoms with E-state index in [1.165, 1.54) is 38.5 Å². The van der Waals surface area contributed by atoms with Gasteiger partial charge in [0.05, 0.1) is 0 Å². The quantitative estimate of drug-likeness (QED) is 0.0199. The largest absolute Gasteiger partial charge is 0.462 e. The van der Waals surface area contributed by atoms with E-state index in [4.69, 9.17) is 14.2 Å². The molecule has 1 unspecified atom stereocenters. The SMILES string of the molecule is CC\C=C/C=C\C=C/C=C\C=C\C=C/C=C\CCCCCC(=O)OCC(COC(=O)CCCCCCCCC/C=C\C/C=C\CC)OC(=O)CCCCCCCC/C=C\C/C=C\C/C=C\CC. The fourth-order valence-electron chi connectivity index (χ4n) is 6.65. The zero-order chi connectivity index (χ0) is 48.6. The molecule has 0 saturated carbocycles. The van der Waals surface area contributed by atoms with Gasteiger partial charge in [-0.15, -0.1) is 0 Å². The zero-order valence-corrected chi connectivity index (χ0v) is 42.6. The van der Waals surface area contributed by atoms with Gasteiger partial charge in [-0.1, -0.05) is 231 Å². The van der Waals surface area contributed by atoms with Crippen molar-refractivity contribution in [2.75, 3.05) is 13.2 Å². The molecule has 6 heteroatoms. The minimum absolute atomic E-state index is 0.109. The van der Waals surface area contributed by atoms with E-state index in [2.05, 4.69) is 93.7 Å². The molecule has 0 aliphatic rings. The fourth-order valence-corrected chi connectivity index (χ4v) is 6.65. The summed E-state index contributed by atoms with van der Waals surface area (Å²) in [5.74, 6) is -0.986. The Morgan fingerprint density at radius 1 is 0.313 bits per heavy atom. The lowest BCUT2D eigenvalue weighted by Crippen LogP contribution is -2.30. The normalized spacial score (nSPS) is 13.3. The van der Waals surface area contributed by atoms with Gasteiger partial charge < -0.3 is 14.2 Å². The van der Waals surface area contributed by atoms with Gasteiger partial charge in [-0.3, -0.25) is 14.4 Å². The van der Waals surface area contributed by atoms with Crippen LogP contribution in [0.15, 0.2) is 146 Å². The first-order valence-electron chi connectivity index (χ1n) is 26.4. The summed E-state index contributed by atoms with van der Waals surface area (Å²) < 4.78 is 16.8. The van der Waals surface area contributed by atoms with Gasteiger partial charge in [-0.05, 0) is 96.3 Å². The highest BCUT2D eigenvalue weighted by molar-refractivity contribution is 5.71. The molecule has 374 valence electrons. The molecule has 67 heavy (non-hydrogen) atoms. The first-order chi connectivity index (χ1) is 33.0. The topological polar surface area (TPSA) is 78.9 Å². The van der Waals surface area contributed by atoms with E-state index in [-0.39, 0.29) is 31.1 Å². The molecule has 6 nitrogen and oxygen atoms in total. The van der Waals surface area contributed by atoms with Gasteiger partial charge in [0.2, 0.25) is 0 Å². The molecule has 0 aliphatic carbocycles. The van der Waals surface area contributed by atoms with Crippen LogP contribution in [-0.4, -0.2) is 37.2 Å². The Morgan fingerprint density at radius 3 is 1.03 bits per heavy atom. The molecule has 0 N–H and O–H groups in total. The standard InChI is InChI=1S/C61H94O6/c1-4-7-10-13-16-19-22-25-28-30-31-32-34-36-39-42-45-48-51-54-60(63)66-57-58(56-65-59(62)53-50-47-44-41-38-35-27-24-21-18-15-12-9-6-3)67-61(64)55-52-49-46-43-40-37-33-29-26-23-20-17-14-11-8-5-2/h7-13,16-22,25-26,28-32,34,36,39,58H,4-6,14-15,23-24,27,33,35,37-38,40-57H2,1-3H3/b10-7-,11-8-,12-9-,16-13-,20-17-,21-18-,22-19-,28-25-,29-26-,31-30+,34-32-,39-36-. The minimum atomic E-state index is -0.814. The number of unbranched alkanes of at least 4 members (excludes halogenated alkanes) is 16. The van der Waals surface area contributed by atoms with Crippen molar-refractivity contribution in [1.29, 1.82) is 0 Å². The molecule has 0 fully saturated rings. The number of esters is 3. The van der Waals surface area contributed by atoms with Crippen molar-refractivity contribution in [3.8, 4) is 0 Å².